The van der Waals surface area contributed by atoms with Gasteiger partial charge in [0, 0.05) is 9.13 Å². The largest absolute Gasteiger partial charge is 0.692 e. The highest BCUT2D eigenvalue weighted by molar-refractivity contribution is 7.31. The molecule has 0 amide bonds. The first-order valence-corrected chi connectivity index (χ1v) is 6.94. The van der Waals surface area contributed by atoms with E-state index in [4.69, 9.17) is 33.8 Å². The van der Waals surface area contributed by atoms with Crippen LogP contribution in [0.5, 0.6) is 0 Å². The standard InChI is InChI=1S/C8H8N2O.2HO3P/c11-5-8-9-6-3-1-2-4-7(6)10-8;2*1-4(2)3/h1-4,11H,5H2,(H,9,10);2*(H-,1,2,3)/p+2. The van der Waals surface area contributed by atoms with Crippen LogP contribution in [0.15, 0.2) is 24.3 Å². The van der Waals surface area contributed by atoms with Crippen LogP contribution in [0.4, 0.5) is 0 Å². The number of aromatic nitrogens is 2. The number of benzene rings is 1. The minimum absolute atomic E-state index is 0.0331. The van der Waals surface area contributed by atoms with Gasteiger partial charge >= 0.3 is 16.5 Å². The molecule has 0 aliphatic heterocycles. The summed E-state index contributed by atoms with van der Waals surface area (Å²) in [5.41, 5.74) is 1.87. The average molecular weight is 310 g/mol. The first-order chi connectivity index (χ1) is 8.86. The van der Waals surface area contributed by atoms with E-state index in [0.29, 0.717) is 5.82 Å². The third-order valence-corrected chi connectivity index (χ3v) is 1.59. The molecular formula is C8H12N2O7P2+2. The molecule has 0 spiro atoms. The Morgan fingerprint density at radius 3 is 1.95 bits per heavy atom. The lowest BCUT2D eigenvalue weighted by Gasteiger charge is -1.82. The second-order valence-electron chi connectivity index (χ2n) is 2.86. The molecule has 2 aromatic rings. The highest BCUT2D eigenvalue weighted by Gasteiger charge is 1.98. The lowest BCUT2D eigenvalue weighted by Crippen LogP contribution is -1.83. The van der Waals surface area contributed by atoms with Crippen molar-refractivity contribution >= 4 is 27.5 Å². The van der Waals surface area contributed by atoms with Gasteiger partial charge in [-0.3, -0.25) is 0 Å². The molecule has 0 atom stereocenters. The summed E-state index contributed by atoms with van der Waals surface area (Å²) in [6.07, 6.45) is 0. The fourth-order valence-corrected chi connectivity index (χ4v) is 1.08. The number of para-hydroxylation sites is 2. The van der Waals surface area contributed by atoms with E-state index in [0.717, 1.165) is 11.0 Å². The highest BCUT2D eigenvalue weighted by Crippen LogP contribution is 2.09. The SMILES string of the molecule is O=[P+](O)O.O=[P+](O)O.OCc1nc2ccccc2[nH]1. The van der Waals surface area contributed by atoms with Gasteiger partial charge < -0.3 is 10.1 Å². The highest BCUT2D eigenvalue weighted by atomic mass is 31.1. The van der Waals surface area contributed by atoms with Crippen molar-refractivity contribution in [3.05, 3.63) is 30.1 Å². The summed E-state index contributed by atoms with van der Waals surface area (Å²) in [5.74, 6) is 0.617. The summed E-state index contributed by atoms with van der Waals surface area (Å²) in [4.78, 5) is 35.6. The van der Waals surface area contributed by atoms with Crippen LogP contribution in [0.3, 0.4) is 0 Å². The van der Waals surface area contributed by atoms with Gasteiger partial charge in [0.25, 0.3) is 0 Å². The Morgan fingerprint density at radius 2 is 1.53 bits per heavy atom. The van der Waals surface area contributed by atoms with Crippen LogP contribution in [0.25, 0.3) is 11.0 Å². The maximum Gasteiger partial charge on any atom is 0.692 e. The van der Waals surface area contributed by atoms with E-state index in [9.17, 15) is 0 Å². The molecule has 104 valence electrons. The Kier molecular flexibility index (Phi) is 8.94. The first kappa shape index (κ1) is 17.7. The Bertz CT molecular complexity index is 492. The van der Waals surface area contributed by atoms with E-state index >= 15 is 0 Å². The van der Waals surface area contributed by atoms with Gasteiger partial charge in [0.15, 0.2) is 0 Å². The number of H-pyrrole nitrogens is 1. The van der Waals surface area contributed by atoms with Crippen molar-refractivity contribution in [1.29, 1.82) is 0 Å². The van der Waals surface area contributed by atoms with E-state index < -0.39 is 16.5 Å². The van der Waals surface area contributed by atoms with Crippen LogP contribution >= 0.6 is 16.5 Å². The van der Waals surface area contributed by atoms with Crippen LogP contribution in [0.1, 0.15) is 5.82 Å². The minimum atomic E-state index is -2.87. The molecule has 0 fully saturated rings. The molecule has 0 aliphatic rings. The summed E-state index contributed by atoms with van der Waals surface area (Å²) in [7, 11) is -5.74. The Labute approximate surface area is 109 Å². The van der Waals surface area contributed by atoms with Gasteiger partial charge in [0.2, 0.25) is 0 Å². The van der Waals surface area contributed by atoms with Crippen molar-refractivity contribution in [2.24, 2.45) is 0 Å². The molecule has 0 saturated heterocycles. The summed E-state index contributed by atoms with van der Waals surface area (Å²) in [5, 5.41) is 8.74. The molecular weight excluding hydrogens is 298 g/mol. The lowest BCUT2D eigenvalue weighted by atomic mass is 10.3. The molecule has 1 heterocycles. The number of nitrogens with one attached hydrogen (secondary N) is 1. The summed E-state index contributed by atoms with van der Waals surface area (Å²) >= 11 is 0. The van der Waals surface area contributed by atoms with Crippen molar-refractivity contribution in [3.63, 3.8) is 0 Å². The van der Waals surface area contributed by atoms with Crippen LogP contribution in [0, 0.1) is 0 Å². The molecule has 0 saturated carbocycles. The zero-order valence-corrected chi connectivity index (χ0v) is 11.2. The van der Waals surface area contributed by atoms with E-state index in [2.05, 4.69) is 9.97 Å². The first-order valence-electron chi connectivity index (χ1n) is 4.61. The summed E-state index contributed by atoms with van der Waals surface area (Å²) in [6.45, 7) is -0.0331. The Morgan fingerprint density at radius 1 is 1.05 bits per heavy atom. The van der Waals surface area contributed by atoms with E-state index in [1.165, 1.54) is 0 Å². The Hall–Kier alpha value is -1.31. The monoisotopic (exact) mass is 310 g/mol. The molecule has 0 unspecified atom stereocenters. The number of rotatable bonds is 1. The smallest absolute Gasteiger partial charge is 0.388 e. The number of hydrogen-bond acceptors (Lipinski definition) is 4. The number of aliphatic hydroxyl groups excluding tert-OH is 1. The molecule has 1 aromatic carbocycles. The summed E-state index contributed by atoms with van der Waals surface area (Å²) < 4.78 is 17.4. The van der Waals surface area contributed by atoms with E-state index in [1.807, 2.05) is 24.3 Å². The molecule has 19 heavy (non-hydrogen) atoms. The molecule has 9 nitrogen and oxygen atoms in total. The molecule has 6 N–H and O–H groups in total. The molecule has 0 bridgehead atoms. The van der Waals surface area contributed by atoms with Crippen LogP contribution in [-0.2, 0) is 15.7 Å². The molecule has 1 aromatic heterocycles. The van der Waals surface area contributed by atoms with Crippen LogP contribution in [0.2, 0.25) is 0 Å². The zero-order valence-electron chi connectivity index (χ0n) is 9.41. The van der Waals surface area contributed by atoms with Crippen LogP contribution < -0.4 is 0 Å². The minimum Gasteiger partial charge on any atom is -0.388 e. The van der Waals surface area contributed by atoms with Gasteiger partial charge in [0.05, 0.1) is 11.0 Å². The van der Waals surface area contributed by atoms with Gasteiger partial charge in [-0.25, -0.2) is 4.98 Å². The van der Waals surface area contributed by atoms with Crippen molar-refractivity contribution in [3.8, 4) is 0 Å². The fraction of sp³-hybridized carbons (Fsp3) is 0.125. The number of imidazole rings is 1. The van der Waals surface area contributed by atoms with Crippen molar-refractivity contribution in [2.45, 2.75) is 6.61 Å². The van der Waals surface area contributed by atoms with Crippen molar-refractivity contribution in [1.82, 2.24) is 9.97 Å². The molecule has 11 heteroatoms. The van der Waals surface area contributed by atoms with Gasteiger partial charge in [-0.1, -0.05) is 12.1 Å². The number of hydrogen-bond donors (Lipinski definition) is 6. The third-order valence-electron chi connectivity index (χ3n) is 1.59. The average Bonchev–Trinajstić information content (AvgIpc) is 2.70. The fourth-order valence-electron chi connectivity index (χ4n) is 1.08. The third kappa shape index (κ3) is 9.29. The van der Waals surface area contributed by atoms with E-state index in [1.54, 1.807) is 0 Å². The number of aromatic amines is 1. The summed E-state index contributed by atoms with van der Waals surface area (Å²) in [6, 6.07) is 7.69. The molecule has 2 rings (SSSR count). The van der Waals surface area contributed by atoms with Gasteiger partial charge in [0.1, 0.15) is 12.4 Å². The predicted octanol–water partition coefficient (Wildman–Crippen LogP) is 0.312. The number of nitrogens with zero attached hydrogens (tertiary/aromatic N) is 1. The van der Waals surface area contributed by atoms with E-state index in [-0.39, 0.29) is 6.61 Å². The van der Waals surface area contributed by atoms with Crippen molar-refractivity contribution < 1.29 is 33.8 Å². The van der Waals surface area contributed by atoms with Gasteiger partial charge in [-0.05, 0) is 12.1 Å². The normalized spacial score (nSPS) is 8.89. The number of aliphatic hydroxyl groups is 1. The molecule has 0 radical (unpaired) electrons. The Balaban J connectivity index is 0.000000342. The maximum absolute atomic E-state index is 8.74. The zero-order chi connectivity index (χ0) is 14.8. The lowest BCUT2D eigenvalue weighted by molar-refractivity contribution is 0.273. The quantitative estimate of drug-likeness (QED) is 0.410. The molecule has 0 aliphatic carbocycles. The number of fused-ring (bicyclic) bond motifs is 1. The van der Waals surface area contributed by atoms with Crippen LogP contribution in [-0.4, -0.2) is 34.6 Å². The maximum atomic E-state index is 8.74. The van der Waals surface area contributed by atoms with Gasteiger partial charge in [-0.15, -0.1) is 19.6 Å². The van der Waals surface area contributed by atoms with Gasteiger partial charge in [-0.2, -0.15) is 0 Å². The van der Waals surface area contributed by atoms with Crippen molar-refractivity contribution in [2.75, 3.05) is 0 Å². The second-order valence-corrected chi connectivity index (χ2v) is 3.88. The second kappa shape index (κ2) is 9.60. The predicted molar refractivity (Wildman–Crippen MR) is 66.1 cm³/mol. The topological polar surface area (TPSA) is 164 Å².